The highest BCUT2D eigenvalue weighted by Gasteiger charge is 2.43. The molecule has 4 aliphatic heterocycles. The van der Waals surface area contributed by atoms with Crippen LogP contribution >= 0.6 is 23.5 Å². The minimum Gasteiger partial charge on any atom is -0.748 e. The monoisotopic (exact) mass is 1070 g/mol. The number of aliphatic hydroxyl groups excluding tert-OH is 1. The van der Waals surface area contributed by atoms with E-state index in [0.717, 1.165) is 36.9 Å². The molecule has 1 fully saturated rings. The molecule has 4 aliphatic rings. The van der Waals surface area contributed by atoms with Gasteiger partial charge in [-0.15, -0.1) is 0 Å². The average molecular weight is 1070 g/mol. The smallest absolute Gasteiger partial charge is 0.490 e. The fourth-order valence-corrected chi connectivity index (χ4v) is 12.7. The maximum Gasteiger partial charge on any atom is 0.490 e. The second-order valence-corrected chi connectivity index (χ2v) is 23.3. The van der Waals surface area contributed by atoms with E-state index in [0.29, 0.717) is 52.3 Å². The van der Waals surface area contributed by atoms with E-state index in [9.17, 15) is 51.1 Å². The average Bonchev–Trinajstić information content (AvgIpc) is 3.80. The largest absolute Gasteiger partial charge is 0.748 e. The van der Waals surface area contributed by atoms with Gasteiger partial charge in [0.25, 0.3) is 5.56 Å². The number of phosphoric acid groups is 3. The van der Waals surface area contributed by atoms with Gasteiger partial charge in [0.2, 0.25) is 17.2 Å². The first kappa shape index (κ1) is 52.2. The summed E-state index contributed by atoms with van der Waals surface area (Å²) in [5, 5.41) is 15.1. The molecule has 4 aromatic rings. The number of hydrogen-bond acceptors (Lipinski definition) is 18. The third kappa shape index (κ3) is 12.1. The summed E-state index contributed by atoms with van der Waals surface area (Å²) in [6, 6.07) is 7.55. The van der Waals surface area contributed by atoms with Gasteiger partial charge in [-0.05, 0) is 51.3 Å². The highest BCUT2D eigenvalue weighted by atomic mass is 32.2. The molecule has 26 nitrogen and oxygen atoms in total. The second-order valence-electron chi connectivity index (χ2n) is 17.5. The number of nitrogens with one attached hydrogen (secondary N) is 2. The third-order valence-electron chi connectivity index (χ3n) is 11.9. The van der Waals surface area contributed by atoms with Crippen molar-refractivity contribution >= 4 is 73.4 Å². The fraction of sp³-hybridized carbons (Fsp3) is 0.439. The Balaban J connectivity index is 0.935. The van der Waals surface area contributed by atoms with Gasteiger partial charge in [-0.25, -0.2) is 31.7 Å². The summed E-state index contributed by atoms with van der Waals surface area (Å²) >= 11 is 0. The molecule has 2 unspecified atom stereocenters. The molecule has 0 aliphatic carbocycles. The Morgan fingerprint density at radius 1 is 1.13 bits per heavy atom. The van der Waals surface area contributed by atoms with E-state index >= 15 is 0 Å². The first-order valence-corrected chi connectivity index (χ1v) is 28.0. The van der Waals surface area contributed by atoms with Gasteiger partial charge < -0.3 is 59.2 Å². The second kappa shape index (κ2) is 19.7. The van der Waals surface area contributed by atoms with Crippen LogP contribution in [0.1, 0.15) is 69.4 Å². The van der Waals surface area contributed by atoms with E-state index in [1.165, 1.54) is 10.8 Å². The summed E-state index contributed by atoms with van der Waals surface area (Å²) in [4.78, 5) is 76.5. The summed E-state index contributed by atoms with van der Waals surface area (Å²) in [5.74, 6) is 5.28. The molecule has 30 heteroatoms. The van der Waals surface area contributed by atoms with Crippen molar-refractivity contribution in [2.45, 2.75) is 76.9 Å². The highest BCUT2D eigenvalue weighted by molar-refractivity contribution is 7.86. The predicted molar refractivity (Wildman–Crippen MR) is 251 cm³/mol. The number of hydrogen-bond donors (Lipinski definition) is 8. The van der Waals surface area contributed by atoms with Gasteiger partial charge in [-0.2, -0.15) is 13.6 Å². The lowest BCUT2D eigenvalue weighted by atomic mass is 9.88. The number of aryl methyl sites for hydroxylation is 1. The van der Waals surface area contributed by atoms with Crippen molar-refractivity contribution < 1.29 is 78.8 Å². The number of carbonyl (C=O) groups is 1. The number of ether oxygens (including phenoxy) is 2. The van der Waals surface area contributed by atoms with Gasteiger partial charge in [0.1, 0.15) is 36.5 Å². The number of rotatable bonds is 16. The Bertz CT molecular complexity index is 3400. The van der Waals surface area contributed by atoms with Crippen LogP contribution in [-0.2, 0) is 52.9 Å². The Hall–Kier alpha value is -5.13. The number of aliphatic hydroxyl groups is 1. The Kier molecular flexibility index (Phi) is 14.5. The van der Waals surface area contributed by atoms with Crippen LogP contribution in [0.5, 0.6) is 11.5 Å². The van der Waals surface area contributed by atoms with Gasteiger partial charge in [-0.3, -0.25) is 19.1 Å². The van der Waals surface area contributed by atoms with Crippen LogP contribution in [0, 0.1) is 11.8 Å². The maximum absolute atomic E-state index is 13.2. The van der Waals surface area contributed by atoms with E-state index in [-0.39, 0.29) is 47.8 Å². The Morgan fingerprint density at radius 3 is 2.61 bits per heavy atom. The first-order chi connectivity index (χ1) is 33.2. The number of H-pyrrole nitrogens is 1. The summed E-state index contributed by atoms with van der Waals surface area (Å²) in [6.45, 7) is 6.84. The maximum atomic E-state index is 13.2. The van der Waals surface area contributed by atoms with E-state index in [1.54, 1.807) is 18.2 Å². The fourth-order valence-electron chi connectivity index (χ4n) is 9.00. The van der Waals surface area contributed by atoms with Gasteiger partial charge in [0.05, 0.1) is 57.7 Å². The number of benzene rings is 2. The number of anilines is 2. The number of fused-ring (bicyclic) bond motifs is 5. The summed E-state index contributed by atoms with van der Waals surface area (Å²) < 4.78 is 99.2. The zero-order valence-electron chi connectivity index (χ0n) is 38.1. The van der Waals surface area contributed by atoms with Crippen LogP contribution in [0.2, 0.25) is 0 Å². The number of nitrogens with two attached hydrogens (primary N) is 1. The molecule has 382 valence electrons. The lowest BCUT2D eigenvalue weighted by Gasteiger charge is -2.44. The van der Waals surface area contributed by atoms with Crippen molar-refractivity contribution in [3.63, 3.8) is 0 Å². The molecular formula is C41H49N8O18P3S. The van der Waals surface area contributed by atoms with Gasteiger partial charge in [0, 0.05) is 54.9 Å². The molecule has 0 spiro atoms. The van der Waals surface area contributed by atoms with Crippen molar-refractivity contribution in [1.82, 2.24) is 24.4 Å². The number of amides is 1. The summed E-state index contributed by atoms with van der Waals surface area (Å²) in [5.41, 5.74) is 7.50. The van der Waals surface area contributed by atoms with Crippen LogP contribution in [0.15, 0.2) is 46.3 Å². The van der Waals surface area contributed by atoms with Crippen molar-refractivity contribution in [3.8, 4) is 23.3 Å². The van der Waals surface area contributed by atoms with Crippen molar-refractivity contribution in [1.29, 1.82) is 0 Å². The van der Waals surface area contributed by atoms with Crippen LogP contribution in [0.25, 0.3) is 16.6 Å². The highest BCUT2D eigenvalue weighted by Crippen LogP contribution is 2.66. The van der Waals surface area contributed by atoms with E-state index in [1.807, 2.05) is 30.9 Å². The number of phosphoric ester groups is 1. The van der Waals surface area contributed by atoms with Crippen LogP contribution in [-0.4, -0.2) is 114 Å². The molecule has 0 radical (unpaired) electrons. The lowest BCUT2D eigenvalue weighted by molar-refractivity contribution is -0.120. The third-order valence-corrected chi connectivity index (χ3v) is 16.4. The number of aromatic amines is 1. The van der Waals surface area contributed by atoms with E-state index in [2.05, 4.69) is 51.8 Å². The minimum absolute atomic E-state index is 0.0303. The number of nitrogen functional groups attached to an aromatic ring is 1. The van der Waals surface area contributed by atoms with Crippen molar-refractivity contribution in [2.75, 3.05) is 49.2 Å². The first-order valence-electron chi connectivity index (χ1n) is 21.9. The number of aromatic nitrogens is 3. The molecule has 1 saturated heterocycles. The Morgan fingerprint density at radius 2 is 1.89 bits per heavy atom. The molecule has 9 N–H and O–H groups in total. The minimum atomic E-state index is -5.80. The topological polar surface area (TPSA) is 380 Å². The SMILES string of the molecule is CC[N+]1=c2cc3c(cc2CCC1)=Nc1cc2c(cc1O3)N(CCCC(=O)NCC#Cc1cn([C@H]3C[C@H](O)[C@@H](COP(=O)(O)OP(=O)(O)OP(=O)(O)O)O3)c3nc(N)[nH]c(=O)c13)C(C)(C)C=C2CS(=O)(=O)[O-]. The normalized spacial score (nSPS) is 21.0. The zero-order chi connectivity index (χ0) is 51.4. The molecule has 0 bridgehead atoms. The Labute approximate surface area is 404 Å². The standard InChI is InChI=1S/C41H49N8O18P3S/c1-4-47-12-6-9-23-14-27-32(16-29(23)47)64-33-17-30-26(15-28(33)44-27)25(22-71(60,61)62)19-41(2,3)49(30)13-7-10-35(51)43-11-5-8-24-20-48(38-37(24)39(52)46-40(42)45-38)36-18-31(50)34(65-36)21-63-69(56,57)67-70(58,59)66-68(53,54)55/h14-17,19-20,31,34,36,50H,4,6-7,9-13,18,21-22H2,1-3H3,(H8-,42,43,45,46,51,52,53,54,55,56,57,58,59,60,61,62)/t31-,34+,36+/m0/s1. The molecule has 1 amide bonds. The zero-order valence-corrected chi connectivity index (χ0v) is 41.6. The van der Waals surface area contributed by atoms with Crippen LogP contribution in [0.3, 0.4) is 0 Å². The van der Waals surface area contributed by atoms with Crippen LogP contribution in [0.4, 0.5) is 17.3 Å². The molecule has 6 heterocycles. The van der Waals surface area contributed by atoms with Crippen LogP contribution < -0.4 is 41.5 Å². The molecule has 0 saturated carbocycles. The molecule has 8 rings (SSSR count). The molecule has 5 atom stereocenters. The number of nitrogens with zero attached hydrogens (tertiary/aromatic N) is 5. The summed E-state index contributed by atoms with van der Waals surface area (Å²) in [6.07, 6.45) is 1.26. The van der Waals surface area contributed by atoms with E-state index < -0.39 is 75.5 Å². The molecular weight excluding hydrogens is 1020 g/mol. The lowest BCUT2D eigenvalue weighted by Crippen LogP contribution is -2.46. The molecule has 2 aromatic carbocycles. The predicted octanol–water partition coefficient (Wildman–Crippen LogP) is 1.29. The quantitative estimate of drug-likeness (QED) is 0.0299. The summed E-state index contributed by atoms with van der Waals surface area (Å²) in [7, 11) is -21.6. The van der Waals surface area contributed by atoms with Crippen molar-refractivity contribution in [3.05, 3.63) is 74.3 Å². The number of carbonyl (C=O) groups excluding carboxylic acids is 1. The molecule has 2 aromatic heterocycles. The van der Waals surface area contributed by atoms with Gasteiger partial charge >= 0.3 is 23.5 Å². The molecule has 71 heavy (non-hydrogen) atoms. The van der Waals surface area contributed by atoms with Gasteiger partial charge in [-0.1, -0.05) is 17.9 Å². The van der Waals surface area contributed by atoms with Gasteiger partial charge in [0.15, 0.2) is 17.1 Å². The van der Waals surface area contributed by atoms with E-state index in [4.69, 9.17) is 30.0 Å². The van der Waals surface area contributed by atoms with Crippen molar-refractivity contribution in [2.24, 2.45) is 4.99 Å².